The number of hydrogen-bond donors (Lipinski definition) is 1. The first-order chi connectivity index (χ1) is 9.43. The van der Waals surface area contributed by atoms with Gasteiger partial charge in [-0.2, -0.15) is 0 Å². The van der Waals surface area contributed by atoms with Gasteiger partial charge in [0.1, 0.15) is 5.75 Å². The van der Waals surface area contributed by atoms with Gasteiger partial charge in [-0.05, 0) is 12.1 Å². The Balaban J connectivity index is 2.65. The molecule has 0 aromatic heterocycles. The first kappa shape index (κ1) is 16.2. The Morgan fingerprint density at radius 3 is 2.60 bits per heavy atom. The van der Waals surface area contributed by atoms with Crippen LogP contribution in [0.3, 0.4) is 0 Å². The molecule has 0 radical (unpaired) electrons. The lowest BCUT2D eigenvalue weighted by Gasteiger charge is -2.16. The molecule has 20 heavy (non-hydrogen) atoms. The van der Waals surface area contributed by atoms with Gasteiger partial charge in [0.25, 0.3) is 0 Å². The van der Waals surface area contributed by atoms with Crippen molar-refractivity contribution in [1.29, 1.82) is 0 Å². The van der Waals surface area contributed by atoms with Crippen LogP contribution in [0.25, 0.3) is 0 Å². The third-order valence-electron chi connectivity index (χ3n) is 2.76. The van der Waals surface area contributed by atoms with E-state index < -0.39 is 4.92 Å². The van der Waals surface area contributed by atoms with Gasteiger partial charge in [0.05, 0.1) is 24.7 Å². The van der Waals surface area contributed by atoms with E-state index in [-0.39, 0.29) is 17.4 Å². The van der Waals surface area contributed by atoms with Crippen molar-refractivity contribution in [3.8, 4) is 11.5 Å². The second-order valence-corrected chi connectivity index (χ2v) is 5.07. The van der Waals surface area contributed by atoms with Crippen molar-refractivity contribution in [2.75, 3.05) is 20.3 Å². The molecule has 1 N–H and O–H groups in total. The van der Waals surface area contributed by atoms with Crippen molar-refractivity contribution in [3.63, 3.8) is 0 Å². The molecule has 0 aliphatic carbocycles. The number of nitrogens with one attached hydrogen (secondary N) is 1. The monoisotopic (exact) mass is 282 g/mol. The van der Waals surface area contributed by atoms with Crippen LogP contribution in [0, 0.1) is 16.0 Å². The van der Waals surface area contributed by atoms with Gasteiger partial charge in [0.2, 0.25) is 0 Å². The molecule has 6 nitrogen and oxygen atoms in total. The molecule has 1 rings (SSSR count). The van der Waals surface area contributed by atoms with Crippen molar-refractivity contribution in [1.82, 2.24) is 5.32 Å². The Morgan fingerprint density at radius 2 is 2.05 bits per heavy atom. The Hall–Kier alpha value is -1.82. The smallest absolute Gasteiger partial charge is 0.314 e. The summed E-state index contributed by atoms with van der Waals surface area (Å²) in [6.45, 7) is 7.41. The van der Waals surface area contributed by atoms with E-state index in [0.29, 0.717) is 18.4 Å². The lowest BCUT2D eigenvalue weighted by atomic mass is 10.2. The van der Waals surface area contributed by atoms with Crippen molar-refractivity contribution < 1.29 is 14.4 Å². The molecule has 0 aliphatic heterocycles. The molecule has 0 amide bonds. The maximum Gasteiger partial charge on any atom is 0.314 e. The van der Waals surface area contributed by atoms with Crippen LogP contribution in [0.1, 0.15) is 20.8 Å². The summed E-state index contributed by atoms with van der Waals surface area (Å²) in [7, 11) is 1.47. The van der Waals surface area contributed by atoms with Gasteiger partial charge < -0.3 is 14.8 Å². The summed E-state index contributed by atoms with van der Waals surface area (Å²) >= 11 is 0. The predicted octanol–water partition coefficient (Wildman–Crippen LogP) is 2.62. The number of methoxy groups -OCH3 is 1. The number of nitro benzene ring substituents is 1. The molecule has 0 saturated carbocycles. The van der Waals surface area contributed by atoms with E-state index in [9.17, 15) is 10.1 Å². The summed E-state index contributed by atoms with van der Waals surface area (Å²) in [5, 5.41) is 14.3. The van der Waals surface area contributed by atoms with Gasteiger partial charge >= 0.3 is 5.69 Å². The van der Waals surface area contributed by atoms with Crippen LogP contribution in [-0.4, -0.2) is 31.2 Å². The summed E-state index contributed by atoms with van der Waals surface area (Å²) < 4.78 is 10.5. The summed E-state index contributed by atoms with van der Waals surface area (Å²) in [6.07, 6.45) is 0. The normalized spacial score (nSPS) is 12.2. The van der Waals surface area contributed by atoms with Gasteiger partial charge in [-0.25, -0.2) is 0 Å². The highest BCUT2D eigenvalue weighted by atomic mass is 16.6. The van der Waals surface area contributed by atoms with E-state index in [4.69, 9.17) is 9.47 Å². The van der Waals surface area contributed by atoms with E-state index in [1.807, 2.05) is 6.92 Å². The minimum absolute atomic E-state index is 0.0756. The van der Waals surface area contributed by atoms with Crippen molar-refractivity contribution >= 4 is 5.69 Å². The number of ether oxygens (including phenoxy) is 2. The fourth-order valence-electron chi connectivity index (χ4n) is 1.62. The molecular formula is C14H22N2O4. The van der Waals surface area contributed by atoms with Crippen molar-refractivity contribution in [2.24, 2.45) is 5.92 Å². The largest absolute Gasteiger partial charge is 0.496 e. The second-order valence-electron chi connectivity index (χ2n) is 5.07. The van der Waals surface area contributed by atoms with Crippen molar-refractivity contribution in [2.45, 2.75) is 26.8 Å². The third-order valence-corrected chi connectivity index (χ3v) is 2.76. The second kappa shape index (κ2) is 7.69. The van der Waals surface area contributed by atoms with Crippen LogP contribution in [0.4, 0.5) is 5.69 Å². The molecule has 0 heterocycles. The molecule has 0 spiro atoms. The lowest BCUT2D eigenvalue weighted by molar-refractivity contribution is -0.386. The number of hydrogen-bond acceptors (Lipinski definition) is 5. The molecule has 0 bridgehead atoms. The maximum atomic E-state index is 11.0. The predicted molar refractivity (Wildman–Crippen MR) is 77.4 cm³/mol. The van der Waals surface area contributed by atoms with E-state index in [1.54, 1.807) is 12.1 Å². The third kappa shape index (κ3) is 5.05. The first-order valence-electron chi connectivity index (χ1n) is 6.62. The highest BCUT2D eigenvalue weighted by molar-refractivity contribution is 5.50. The Kier molecular flexibility index (Phi) is 6.24. The standard InChI is InChI=1S/C14H22N2O4/c1-10(2)15-8-11(3)9-20-14-6-5-12(19-4)7-13(14)16(17)18/h5-7,10-11,15H,8-9H2,1-4H3. The summed E-state index contributed by atoms with van der Waals surface area (Å²) in [6, 6.07) is 5.00. The average molecular weight is 282 g/mol. The van der Waals surface area contributed by atoms with Crippen LogP contribution in [-0.2, 0) is 0 Å². The Bertz CT molecular complexity index is 449. The van der Waals surface area contributed by atoms with Crippen LogP contribution in [0.15, 0.2) is 18.2 Å². The molecule has 6 heteroatoms. The maximum absolute atomic E-state index is 11.0. The molecule has 1 aromatic carbocycles. The molecular weight excluding hydrogens is 260 g/mol. The Morgan fingerprint density at radius 1 is 1.35 bits per heavy atom. The van der Waals surface area contributed by atoms with Gasteiger partial charge in [-0.15, -0.1) is 0 Å². The summed E-state index contributed by atoms with van der Waals surface area (Å²) in [5.74, 6) is 0.977. The lowest BCUT2D eigenvalue weighted by Crippen LogP contribution is -2.30. The van der Waals surface area contributed by atoms with Gasteiger partial charge in [-0.3, -0.25) is 10.1 Å². The van der Waals surface area contributed by atoms with Gasteiger partial charge in [-0.1, -0.05) is 20.8 Å². The van der Waals surface area contributed by atoms with Crippen LogP contribution in [0.5, 0.6) is 11.5 Å². The highest BCUT2D eigenvalue weighted by Crippen LogP contribution is 2.31. The van der Waals surface area contributed by atoms with E-state index in [2.05, 4.69) is 19.2 Å². The number of benzene rings is 1. The van der Waals surface area contributed by atoms with E-state index in [1.165, 1.54) is 13.2 Å². The minimum atomic E-state index is -0.463. The molecule has 0 fully saturated rings. The molecule has 112 valence electrons. The van der Waals surface area contributed by atoms with E-state index in [0.717, 1.165) is 6.54 Å². The quantitative estimate of drug-likeness (QED) is 0.586. The zero-order chi connectivity index (χ0) is 15.1. The number of nitro groups is 1. The molecule has 1 aromatic rings. The number of rotatable bonds is 8. The molecule has 1 unspecified atom stereocenters. The van der Waals surface area contributed by atoms with Crippen LogP contribution >= 0.6 is 0 Å². The first-order valence-corrected chi connectivity index (χ1v) is 6.62. The van der Waals surface area contributed by atoms with Crippen molar-refractivity contribution in [3.05, 3.63) is 28.3 Å². The molecule has 1 atom stereocenters. The van der Waals surface area contributed by atoms with E-state index >= 15 is 0 Å². The molecule has 0 aliphatic rings. The summed E-state index contributed by atoms with van der Waals surface area (Å²) in [4.78, 5) is 10.5. The highest BCUT2D eigenvalue weighted by Gasteiger charge is 2.17. The summed E-state index contributed by atoms with van der Waals surface area (Å²) in [5.41, 5.74) is -0.0756. The topological polar surface area (TPSA) is 73.6 Å². The average Bonchev–Trinajstić information content (AvgIpc) is 2.42. The molecule has 0 saturated heterocycles. The fraction of sp³-hybridized carbons (Fsp3) is 0.571. The Labute approximate surface area is 119 Å². The SMILES string of the molecule is COc1ccc(OCC(C)CNC(C)C)c([N+](=O)[O-])c1. The van der Waals surface area contributed by atoms with Crippen LogP contribution in [0.2, 0.25) is 0 Å². The van der Waals surface area contributed by atoms with Crippen LogP contribution < -0.4 is 14.8 Å². The number of nitrogens with zero attached hydrogens (tertiary/aromatic N) is 1. The zero-order valence-electron chi connectivity index (χ0n) is 12.4. The van der Waals surface area contributed by atoms with Gasteiger partial charge in [0.15, 0.2) is 5.75 Å². The minimum Gasteiger partial charge on any atom is -0.496 e. The fourth-order valence-corrected chi connectivity index (χ4v) is 1.62. The zero-order valence-corrected chi connectivity index (χ0v) is 12.4. The van der Waals surface area contributed by atoms with Gasteiger partial charge in [0, 0.05) is 18.5 Å².